The Kier molecular flexibility index (Phi) is 17.8. The molecule has 0 heteroatoms. The average Bonchev–Trinajstić information content (AvgIpc) is 4.37. The van der Waals surface area contributed by atoms with Crippen LogP contribution in [0.4, 0.5) is 0 Å². The van der Waals surface area contributed by atoms with E-state index in [1.165, 1.54) is 120 Å². The molecule has 8 aromatic rings. The molecular formula is C76H86. The number of fused-ring (bicyclic) bond motifs is 11. The van der Waals surface area contributed by atoms with E-state index in [0.717, 1.165) is 18.3 Å². The highest BCUT2D eigenvalue weighted by molar-refractivity contribution is 5.98. The molecule has 0 aromatic heterocycles. The van der Waals surface area contributed by atoms with E-state index in [1.54, 1.807) is 103 Å². The molecule has 8 unspecified atom stereocenters. The standard InChI is InChI=1S/C14H10.C10H16.C10H8.C9H14.C9H16.2C9H8.C6H6/c1-2-6-12-10-14-8-4-3-7-13(14)9-11(12)5-1;1-2-9-7-4-5-8(6-7)10(9)3-1;1-2-6-10-8-4-3-7-9(10)5-1;1-2-8-4-6-9(8)5-3-7(1)9;3*1-2-5-9-7-3-6-8(9)4-1;1-2-4-6-5-3-1/h1-10H;7-10H,1-6H2;1-8H;7-8H,1-6H2;8-9H,1-7H2;1-2,4-7H,3H2;1-6H,7H2;1-6H. The topological polar surface area (TPSA) is 0 Å². The molecule has 0 N–H and O–H groups in total. The third kappa shape index (κ3) is 12.7. The smallest absolute Gasteiger partial charge is 0.00882 e. The Morgan fingerprint density at radius 3 is 1.17 bits per heavy atom. The zero-order chi connectivity index (χ0) is 51.2. The van der Waals surface area contributed by atoms with Crippen LogP contribution in [0.15, 0.2) is 200 Å². The molecule has 10 aliphatic rings. The second-order valence-corrected chi connectivity index (χ2v) is 24.2. The Labute approximate surface area is 457 Å². The van der Waals surface area contributed by atoms with Gasteiger partial charge in [-0.1, -0.05) is 258 Å². The van der Waals surface area contributed by atoms with Gasteiger partial charge in [0.25, 0.3) is 0 Å². The predicted octanol–water partition coefficient (Wildman–Crippen LogP) is 19.8. The summed E-state index contributed by atoms with van der Waals surface area (Å²) in [5.74, 6) is 9.54. The van der Waals surface area contributed by atoms with Crippen molar-refractivity contribution in [1.82, 2.24) is 0 Å². The van der Waals surface area contributed by atoms with Crippen LogP contribution >= 0.6 is 0 Å². The third-order valence-corrected chi connectivity index (χ3v) is 20.3. The summed E-state index contributed by atoms with van der Waals surface area (Å²) in [6.07, 6.45) is 41.0. The van der Waals surface area contributed by atoms with Gasteiger partial charge in [-0.2, -0.15) is 0 Å². The van der Waals surface area contributed by atoms with Gasteiger partial charge in [-0.15, -0.1) is 0 Å². The van der Waals surface area contributed by atoms with Gasteiger partial charge in [-0.05, 0) is 202 Å². The van der Waals surface area contributed by atoms with Gasteiger partial charge in [0.15, 0.2) is 0 Å². The fourth-order valence-electron chi connectivity index (χ4n) is 16.1. The molecule has 8 fully saturated rings. The van der Waals surface area contributed by atoms with Gasteiger partial charge in [0.1, 0.15) is 0 Å². The minimum atomic E-state index is 0.972. The molecular weight excluding hydrogens is 913 g/mol. The van der Waals surface area contributed by atoms with Gasteiger partial charge < -0.3 is 0 Å². The van der Waals surface area contributed by atoms with Crippen LogP contribution < -0.4 is 10.4 Å². The second kappa shape index (κ2) is 25.9. The molecule has 390 valence electrons. The van der Waals surface area contributed by atoms with Crippen LogP contribution in [-0.2, 0) is 6.42 Å². The SMILES string of the molecule is C1=Cc2ccccc2C1.C1=c2ccccc2=CC1.C1CC2C3CCC(C3)C2C1.C1CC2CCC23CCC13.C1CCC2CCCC2C1.c1ccc2cc3ccccc3cc2c1.c1ccc2ccccc2c1.c1ccccc1. The molecule has 2 bridgehead atoms. The highest BCUT2D eigenvalue weighted by Crippen LogP contribution is 2.70. The third-order valence-electron chi connectivity index (χ3n) is 20.3. The molecule has 8 atom stereocenters. The number of benzene rings is 8. The first kappa shape index (κ1) is 52.1. The monoisotopic (exact) mass is 999 g/mol. The maximum atomic E-state index is 2.25. The van der Waals surface area contributed by atoms with Crippen LogP contribution in [-0.4, -0.2) is 0 Å². The minimum Gasteiger partial charge on any atom is -0.0795 e. The van der Waals surface area contributed by atoms with Crippen molar-refractivity contribution < 1.29 is 0 Å². The maximum Gasteiger partial charge on any atom is -0.00882 e. The van der Waals surface area contributed by atoms with Gasteiger partial charge in [0, 0.05) is 0 Å². The highest BCUT2D eigenvalue weighted by Gasteiger charge is 2.60. The Morgan fingerprint density at radius 2 is 0.737 bits per heavy atom. The van der Waals surface area contributed by atoms with Crippen molar-refractivity contribution in [2.24, 2.45) is 52.8 Å². The minimum absolute atomic E-state index is 0.972. The zero-order valence-corrected chi connectivity index (χ0v) is 45.8. The number of rotatable bonds is 0. The Morgan fingerprint density at radius 1 is 0.329 bits per heavy atom. The van der Waals surface area contributed by atoms with E-state index in [9.17, 15) is 0 Å². The van der Waals surface area contributed by atoms with Crippen LogP contribution in [0.3, 0.4) is 0 Å². The quantitative estimate of drug-likeness (QED) is 0.133. The van der Waals surface area contributed by atoms with Crippen molar-refractivity contribution in [3.63, 3.8) is 0 Å². The van der Waals surface area contributed by atoms with Crippen LogP contribution in [0.25, 0.3) is 50.5 Å². The molecule has 0 saturated heterocycles. The Bertz CT molecular complexity index is 2950. The van der Waals surface area contributed by atoms with E-state index in [4.69, 9.17) is 0 Å². The molecule has 8 aromatic carbocycles. The lowest BCUT2D eigenvalue weighted by molar-refractivity contribution is -0.0635. The first-order valence-corrected chi connectivity index (χ1v) is 30.5. The van der Waals surface area contributed by atoms with Crippen molar-refractivity contribution >= 4 is 50.5 Å². The second-order valence-electron chi connectivity index (χ2n) is 24.2. The molecule has 0 aliphatic heterocycles. The van der Waals surface area contributed by atoms with Gasteiger partial charge in [-0.25, -0.2) is 0 Å². The molecule has 8 saturated carbocycles. The summed E-state index contributed by atoms with van der Waals surface area (Å²) < 4.78 is 0. The maximum absolute atomic E-state index is 2.25. The molecule has 18 rings (SSSR count). The summed E-state index contributed by atoms with van der Waals surface area (Å²) in [6.45, 7) is 0. The van der Waals surface area contributed by atoms with E-state index in [1.807, 2.05) is 36.4 Å². The molecule has 76 heavy (non-hydrogen) atoms. The molecule has 0 nitrogen and oxygen atoms in total. The van der Waals surface area contributed by atoms with E-state index in [0.29, 0.717) is 0 Å². The summed E-state index contributed by atoms with van der Waals surface area (Å²) in [5, 5.41) is 10.6. The largest absolute Gasteiger partial charge is 0.0795 e. The van der Waals surface area contributed by atoms with Gasteiger partial charge in [0.2, 0.25) is 0 Å². The summed E-state index contributed by atoms with van der Waals surface area (Å²) in [7, 11) is 0. The fraction of sp³-hybridized carbons (Fsp3) is 0.395. The molecule has 0 radical (unpaired) electrons. The average molecular weight is 1000 g/mol. The number of hydrogen-bond acceptors (Lipinski definition) is 0. The van der Waals surface area contributed by atoms with Crippen LogP contribution in [0.2, 0.25) is 0 Å². The van der Waals surface area contributed by atoms with Crippen LogP contribution in [0.1, 0.15) is 140 Å². The predicted molar refractivity (Wildman–Crippen MR) is 328 cm³/mol. The Balaban J connectivity index is 0.0000000935. The van der Waals surface area contributed by atoms with Crippen molar-refractivity contribution in [3.8, 4) is 0 Å². The summed E-state index contributed by atoms with van der Waals surface area (Å²) in [4.78, 5) is 0. The van der Waals surface area contributed by atoms with Crippen LogP contribution in [0.5, 0.6) is 0 Å². The van der Waals surface area contributed by atoms with Gasteiger partial charge in [0.05, 0.1) is 0 Å². The summed E-state index contributed by atoms with van der Waals surface area (Å²) in [6, 6.07) is 67.1. The molecule has 0 heterocycles. The van der Waals surface area contributed by atoms with E-state index in [2.05, 4.69) is 182 Å². The van der Waals surface area contributed by atoms with Crippen molar-refractivity contribution in [2.45, 2.75) is 135 Å². The lowest BCUT2D eigenvalue weighted by atomic mass is 9.49. The first-order chi connectivity index (χ1) is 37.7. The lowest BCUT2D eigenvalue weighted by Crippen LogP contribution is -2.47. The van der Waals surface area contributed by atoms with Crippen molar-refractivity contribution in [2.75, 3.05) is 0 Å². The summed E-state index contributed by atoms with van der Waals surface area (Å²) in [5.41, 5.74) is 3.81. The van der Waals surface area contributed by atoms with Crippen molar-refractivity contribution in [3.05, 3.63) is 222 Å². The zero-order valence-electron chi connectivity index (χ0n) is 45.8. The Hall–Kier alpha value is -5.98. The lowest BCUT2D eigenvalue weighted by Gasteiger charge is -2.56. The number of allylic oxidation sites excluding steroid dienone is 1. The summed E-state index contributed by atoms with van der Waals surface area (Å²) >= 11 is 0. The number of hydrogen-bond donors (Lipinski definition) is 0. The van der Waals surface area contributed by atoms with E-state index in [-0.39, 0.29) is 0 Å². The fourth-order valence-corrected chi connectivity index (χ4v) is 16.1. The van der Waals surface area contributed by atoms with Gasteiger partial charge >= 0.3 is 0 Å². The molecule has 10 aliphatic carbocycles. The van der Waals surface area contributed by atoms with E-state index >= 15 is 0 Å². The first-order valence-electron chi connectivity index (χ1n) is 30.5. The molecule has 0 amide bonds. The van der Waals surface area contributed by atoms with Crippen LogP contribution in [0, 0.1) is 52.8 Å². The normalized spacial score (nSPS) is 27.1. The highest BCUT2D eigenvalue weighted by atomic mass is 14.6. The van der Waals surface area contributed by atoms with Crippen molar-refractivity contribution in [1.29, 1.82) is 0 Å². The molecule has 1 spiro atoms. The van der Waals surface area contributed by atoms with Gasteiger partial charge in [-0.3, -0.25) is 0 Å². The van der Waals surface area contributed by atoms with E-state index < -0.39 is 0 Å².